The Morgan fingerprint density at radius 1 is 1.12 bits per heavy atom. The summed E-state index contributed by atoms with van der Waals surface area (Å²) in [6.07, 6.45) is 0. The molecule has 3 aromatic rings. The number of pyridine rings is 1. The first-order chi connectivity index (χ1) is 15.7. The number of carbonyl (C=O) groups is 1. The van der Waals surface area contributed by atoms with Crippen molar-refractivity contribution in [1.29, 1.82) is 0 Å². The summed E-state index contributed by atoms with van der Waals surface area (Å²) in [4.78, 5) is 29.6. The van der Waals surface area contributed by atoms with Crippen LogP contribution in [-0.2, 0) is 6.54 Å². The molecule has 1 saturated heterocycles. The lowest BCUT2D eigenvalue weighted by molar-refractivity contribution is 0.0996. The average molecular weight is 489 g/mol. The fourth-order valence-corrected chi connectivity index (χ4v) is 4.52. The Hall–Kier alpha value is -3.10. The van der Waals surface area contributed by atoms with E-state index >= 15 is 0 Å². The minimum absolute atomic E-state index is 0. The van der Waals surface area contributed by atoms with E-state index in [4.69, 9.17) is 5.73 Å². The summed E-state index contributed by atoms with van der Waals surface area (Å²) in [5, 5.41) is 11.4. The summed E-state index contributed by atoms with van der Waals surface area (Å²) >= 11 is 0. The molecule has 0 bridgehead atoms. The molecule has 0 spiro atoms. The zero-order valence-corrected chi connectivity index (χ0v) is 20.4. The summed E-state index contributed by atoms with van der Waals surface area (Å²) in [5.41, 5.74) is 6.85. The van der Waals surface area contributed by atoms with Gasteiger partial charge in [0.1, 0.15) is 17.1 Å². The van der Waals surface area contributed by atoms with Crippen LogP contribution in [0.3, 0.4) is 0 Å². The Labute approximate surface area is 204 Å². The predicted molar refractivity (Wildman–Crippen MR) is 136 cm³/mol. The first-order valence-corrected chi connectivity index (χ1v) is 11.1. The van der Waals surface area contributed by atoms with Crippen molar-refractivity contribution in [3.63, 3.8) is 0 Å². The fourth-order valence-electron chi connectivity index (χ4n) is 4.52. The van der Waals surface area contributed by atoms with E-state index in [1.807, 2.05) is 13.8 Å². The van der Waals surface area contributed by atoms with E-state index in [-0.39, 0.29) is 18.3 Å². The topological polar surface area (TPSA) is 91.8 Å². The maximum absolute atomic E-state index is 14.5. The lowest BCUT2D eigenvalue weighted by atomic mass is 9.95. The Bertz CT molecular complexity index is 1280. The number of nitrogens with two attached hydrogens (primary N) is 1. The van der Waals surface area contributed by atoms with Crippen molar-refractivity contribution in [2.24, 2.45) is 11.7 Å². The highest BCUT2D eigenvalue weighted by atomic mass is 35.5. The number of rotatable bonds is 5. The number of fused-ring (bicyclic) bond motifs is 1. The molecule has 0 aliphatic carbocycles. The summed E-state index contributed by atoms with van der Waals surface area (Å²) in [6.45, 7) is 7.55. The van der Waals surface area contributed by atoms with Gasteiger partial charge in [0.05, 0.1) is 5.52 Å². The van der Waals surface area contributed by atoms with Gasteiger partial charge in [0.25, 0.3) is 11.5 Å². The molecular formula is C25H30ClFN4O3. The number of piperazine rings is 1. The van der Waals surface area contributed by atoms with Gasteiger partial charge in [-0.2, -0.15) is 0 Å². The van der Waals surface area contributed by atoms with Crippen LogP contribution in [0.4, 0.5) is 10.1 Å². The molecular weight excluding hydrogens is 459 g/mol. The largest absolute Gasteiger partial charge is 0.506 e. The van der Waals surface area contributed by atoms with E-state index < -0.39 is 28.6 Å². The van der Waals surface area contributed by atoms with Gasteiger partial charge in [0, 0.05) is 49.4 Å². The van der Waals surface area contributed by atoms with Gasteiger partial charge in [-0.1, -0.05) is 26.0 Å². The van der Waals surface area contributed by atoms with Crippen LogP contribution >= 0.6 is 12.4 Å². The molecule has 1 aliphatic rings. The third-order valence-corrected chi connectivity index (χ3v) is 6.15. The second kappa shape index (κ2) is 10.0. The molecule has 1 amide bonds. The number of aromatic nitrogens is 1. The number of likely N-dealkylation sites (N-methyl/N-ethyl adjacent to an activating group) is 1. The number of hydrogen-bond acceptors (Lipinski definition) is 5. The third kappa shape index (κ3) is 4.60. The molecule has 1 fully saturated rings. The maximum Gasteiger partial charge on any atom is 0.267 e. The summed E-state index contributed by atoms with van der Waals surface area (Å²) in [5.74, 6) is -1.77. The quantitative estimate of drug-likeness (QED) is 0.574. The molecule has 1 aromatic heterocycles. The number of benzene rings is 2. The number of anilines is 1. The Morgan fingerprint density at radius 3 is 2.41 bits per heavy atom. The molecule has 34 heavy (non-hydrogen) atoms. The molecule has 2 heterocycles. The molecule has 0 atom stereocenters. The molecule has 0 radical (unpaired) electrons. The van der Waals surface area contributed by atoms with E-state index in [2.05, 4.69) is 16.8 Å². The SMILES string of the molecule is CC(C)Cn1c(=O)c(C(N)=O)c(O)c2c(-c3cc(F)ccc3N3CCN(C)CC3)cccc21.Cl. The van der Waals surface area contributed by atoms with Crippen LogP contribution in [0.15, 0.2) is 41.2 Å². The summed E-state index contributed by atoms with van der Waals surface area (Å²) in [6, 6.07) is 9.86. The zero-order chi connectivity index (χ0) is 23.9. The maximum atomic E-state index is 14.5. The Morgan fingerprint density at radius 2 is 1.79 bits per heavy atom. The van der Waals surface area contributed by atoms with Crippen LogP contribution in [0, 0.1) is 11.7 Å². The highest BCUT2D eigenvalue weighted by Gasteiger charge is 2.25. The number of hydrogen-bond donors (Lipinski definition) is 2. The highest BCUT2D eigenvalue weighted by molar-refractivity contribution is 6.07. The van der Waals surface area contributed by atoms with Crippen LogP contribution in [-0.4, -0.2) is 53.7 Å². The number of primary amides is 1. The molecule has 9 heteroatoms. The van der Waals surface area contributed by atoms with Gasteiger partial charge in [0.2, 0.25) is 0 Å². The zero-order valence-electron chi connectivity index (χ0n) is 19.5. The van der Waals surface area contributed by atoms with Gasteiger partial charge in [-0.05, 0) is 42.8 Å². The molecule has 0 saturated carbocycles. The molecule has 3 N–H and O–H groups in total. The van der Waals surface area contributed by atoms with Gasteiger partial charge in [-0.15, -0.1) is 12.4 Å². The molecule has 2 aromatic carbocycles. The lowest BCUT2D eigenvalue weighted by Gasteiger charge is -2.35. The van der Waals surface area contributed by atoms with Crippen molar-refractivity contribution < 1.29 is 14.3 Å². The van der Waals surface area contributed by atoms with E-state index in [0.29, 0.717) is 28.6 Å². The van der Waals surface area contributed by atoms with Gasteiger partial charge in [-0.3, -0.25) is 9.59 Å². The third-order valence-electron chi connectivity index (χ3n) is 6.15. The minimum Gasteiger partial charge on any atom is -0.506 e. The normalized spacial score (nSPS) is 14.4. The predicted octanol–water partition coefficient (Wildman–Crippen LogP) is 3.44. The molecule has 7 nitrogen and oxygen atoms in total. The first-order valence-electron chi connectivity index (χ1n) is 11.1. The van der Waals surface area contributed by atoms with Gasteiger partial charge >= 0.3 is 0 Å². The minimum atomic E-state index is -0.995. The van der Waals surface area contributed by atoms with Gasteiger partial charge in [0.15, 0.2) is 0 Å². The second-order valence-corrected chi connectivity index (χ2v) is 9.05. The van der Waals surface area contributed by atoms with Crippen molar-refractivity contribution in [2.75, 3.05) is 38.1 Å². The molecule has 1 aliphatic heterocycles. The van der Waals surface area contributed by atoms with Crippen molar-refractivity contribution in [3.05, 3.63) is 58.1 Å². The number of halogens is 2. The average Bonchev–Trinajstić information content (AvgIpc) is 2.76. The van der Waals surface area contributed by atoms with E-state index in [1.54, 1.807) is 24.3 Å². The smallest absolute Gasteiger partial charge is 0.267 e. The second-order valence-electron chi connectivity index (χ2n) is 9.05. The highest BCUT2D eigenvalue weighted by Crippen LogP contribution is 2.40. The standard InChI is InChI=1S/C25H29FN4O3.ClH/c1-15(2)14-30-20-6-4-5-17(21(20)23(31)22(24(27)32)25(30)33)18-13-16(26)7-8-19(18)29-11-9-28(3)10-12-29;/h4-8,13,15,31H,9-12,14H2,1-3H3,(H2,27,32);1H. The molecule has 0 unspecified atom stereocenters. The molecule has 182 valence electrons. The van der Waals surface area contributed by atoms with Crippen LogP contribution < -0.4 is 16.2 Å². The molecule has 4 rings (SSSR count). The van der Waals surface area contributed by atoms with Crippen LogP contribution in [0.5, 0.6) is 5.75 Å². The van der Waals surface area contributed by atoms with Crippen molar-refractivity contribution in [1.82, 2.24) is 9.47 Å². The van der Waals surface area contributed by atoms with Crippen molar-refractivity contribution in [2.45, 2.75) is 20.4 Å². The van der Waals surface area contributed by atoms with E-state index in [0.717, 1.165) is 31.9 Å². The Balaban J connectivity index is 0.00000324. The van der Waals surface area contributed by atoms with E-state index in [1.165, 1.54) is 16.7 Å². The number of nitrogens with zero attached hydrogens (tertiary/aromatic N) is 3. The van der Waals surface area contributed by atoms with Crippen LogP contribution in [0.25, 0.3) is 22.0 Å². The van der Waals surface area contributed by atoms with Crippen molar-refractivity contribution in [3.8, 4) is 16.9 Å². The van der Waals surface area contributed by atoms with Gasteiger partial charge in [-0.25, -0.2) is 4.39 Å². The lowest BCUT2D eigenvalue weighted by Crippen LogP contribution is -2.44. The van der Waals surface area contributed by atoms with Crippen molar-refractivity contribution >= 4 is 34.9 Å². The first kappa shape index (κ1) is 25.5. The van der Waals surface area contributed by atoms with Gasteiger partial charge < -0.3 is 25.2 Å². The monoisotopic (exact) mass is 488 g/mol. The number of aromatic hydroxyl groups is 1. The fraction of sp³-hybridized carbons (Fsp3) is 0.360. The summed E-state index contributed by atoms with van der Waals surface area (Å²) < 4.78 is 15.9. The summed E-state index contributed by atoms with van der Waals surface area (Å²) in [7, 11) is 2.06. The van der Waals surface area contributed by atoms with Crippen LogP contribution in [0.1, 0.15) is 24.2 Å². The van der Waals surface area contributed by atoms with E-state index in [9.17, 15) is 19.1 Å². The number of carbonyl (C=O) groups excluding carboxylic acids is 1. The Kier molecular flexibility index (Phi) is 7.53. The van der Waals surface area contributed by atoms with Crippen LogP contribution in [0.2, 0.25) is 0 Å². The number of amides is 1.